The van der Waals surface area contributed by atoms with Crippen LogP contribution in [0.3, 0.4) is 0 Å². The van der Waals surface area contributed by atoms with Gasteiger partial charge in [0.2, 0.25) is 5.91 Å². The predicted molar refractivity (Wildman–Crippen MR) is 123 cm³/mol. The van der Waals surface area contributed by atoms with Crippen molar-refractivity contribution in [1.29, 1.82) is 0 Å². The summed E-state index contributed by atoms with van der Waals surface area (Å²) in [6.07, 6.45) is 0.962. The van der Waals surface area contributed by atoms with Gasteiger partial charge in [-0.2, -0.15) is 0 Å². The van der Waals surface area contributed by atoms with Gasteiger partial charge in [-0.3, -0.25) is 9.59 Å². The average Bonchev–Trinajstić information content (AvgIpc) is 3.43. The molecule has 2 heterocycles. The molecule has 0 spiro atoms. The lowest BCUT2D eigenvalue weighted by Gasteiger charge is -2.19. The summed E-state index contributed by atoms with van der Waals surface area (Å²) in [5.74, 6) is 0.0654. The molecule has 0 radical (unpaired) electrons. The topological polar surface area (TPSA) is 111 Å². The number of carbonyl (C=O) groups excluding carboxylic acids is 2. The molecule has 1 N–H and O–H groups in total. The average molecular weight is 489 g/mol. The first-order valence-corrected chi connectivity index (χ1v) is 12.6. The fraction of sp³-hybridized carbons (Fsp3) is 0.417. The summed E-state index contributed by atoms with van der Waals surface area (Å²) in [5.41, 5.74) is 1.42. The van der Waals surface area contributed by atoms with E-state index < -0.39 is 15.9 Å². The number of methoxy groups -OCH3 is 1. The zero-order chi connectivity index (χ0) is 24.3. The molecule has 2 aliphatic rings. The molecule has 0 saturated carbocycles. The quantitative estimate of drug-likeness (QED) is 0.605. The highest BCUT2D eigenvalue weighted by Gasteiger charge is 2.33. The number of hydrogen-bond acceptors (Lipinski definition) is 7. The van der Waals surface area contributed by atoms with Crippen LogP contribution in [0.25, 0.3) is 0 Å². The van der Waals surface area contributed by atoms with Gasteiger partial charge in [-0.15, -0.1) is 0 Å². The van der Waals surface area contributed by atoms with Crippen LogP contribution in [-0.2, 0) is 24.3 Å². The number of nitrogens with one attached hydrogen (secondary N) is 1. The smallest absolute Gasteiger partial charge is 0.264 e. The van der Waals surface area contributed by atoms with Gasteiger partial charge in [0.1, 0.15) is 12.6 Å². The van der Waals surface area contributed by atoms with Crippen LogP contribution in [0.1, 0.15) is 29.9 Å². The van der Waals surface area contributed by atoms with E-state index in [9.17, 15) is 18.0 Å². The Morgan fingerprint density at radius 2 is 2.00 bits per heavy atom. The third-order valence-corrected chi connectivity index (χ3v) is 7.55. The Bertz CT molecular complexity index is 1180. The highest BCUT2D eigenvalue weighted by Crippen LogP contribution is 2.36. The van der Waals surface area contributed by atoms with Crippen LogP contribution in [-0.4, -0.2) is 64.6 Å². The second kappa shape index (κ2) is 10.0. The van der Waals surface area contributed by atoms with Crippen molar-refractivity contribution in [2.24, 2.45) is 0 Å². The number of amides is 2. The minimum Gasteiger partial charge on any atom is -0.493 e. The van der Waals surface area contributed by atoms with Crippen molar-refractivity contribution in [1.82, 2.24) is 9.62 Å². The van der Waals surface area contributed by atoms with E-state index >= 15 is 0 Å². The Hall–Kier alpha value is -3.11. The lowest BCUT2D eigenvalue weighted by molar-refractivity contribution is -0.132. The molecule has 34 heavy (non-hydrogen) atoms. The zero-order valence-electron chi connectivity index (χ0n) is 19.2. The van der Waals surface area contributed by atoms with Crippen LogP contribution in [0.5, 0.6) is 11.5 Å². The van der Waals surface area contributed by atoms with Crippen molar-refractivity contribution in [2.45, 2.75) is 36.7 Å². The van der Waals surface area contributed by atoms with E-state index in [1.165, 1.54) is 11.0 Å². The number of sulfonamides is 1. The summed E-state index contributed by atoms with van der Waals surface area (Å²) >= 11 is 0. The molecule has 2 aliphatic heterocycles. The second-order valence-electron chi connectivity index (χ2n) is 8.48. The molecule has 4 rings (SSSR count). The number of likely N-dealkylation sites (tertiary alicyclic amines) is 1. The summed E-state index contributed by atoms with van der Waals surface area (Å²) in [5, 5.41) is 0. The first kappa shape index (κ1) is 24.0. The van der Waals surface area contributed by atoms with Gasteiger partial charge < -0.3 is 19.1 Å². The summed E-state index contributed by atoms with van der Waals surface area (Å²) in [6.45, 7) is 2.79. The highest BCUT2D eigenvalue weighted by atomic mass is 32.2. The van der Waals surface area contributed by atoms with Crippen LogP contribution >= 0.6 is 0 Å². The minimum atomic E-state index is -4.02. The predicted octanol–water partition coefficient (Wildman–Crippen LogP) is 1.99. The minimum absolute atomic E-state index is 0.0346. The van der Waals surface area contributed by atoms with Gasteiger partial charge in [0.05, 0.1) is 25.2 Å². The number of carbonyl (C=O) groups is 2. The molecule has 2 aromatic rings. The normalized spacial score (nSPS) is 20.4. The van der Waals surface area contributed by atoms with Crippen LogP contribution in [0.2, 0.25) is 0 Å². The van der Waals surface area contributed by atoms with Crippen LogP contribution in [0, 0.1) is 6.92 Å². The maximum Gasteiger partial charge on any atom is 0.264 e. The number of ether oxygens (including phenoxy) is 3. The molecule has 1 unspecified atom stereocenters. The van der Waals surface area contributed by atoms with Gasteiger partial charge in [-0.05, 0) is 36.2 Å². The standard InChI is InChI=1S/C24H28N2O7S/c1-16-5-3-4-6-22(16)34(29,30)25-23(27)14-26-13-18(12-24(26)28)17-7-8-20(31-2)21(11-17)33-19-9-10-32-15-19/h3-8,11,18-19H,9-10,12-15H2,1-2H3,(H,25,27)/t18-,19?/m1/s1. The van der Waals surface area contributed by atoms with Gasteiger partial charge in [0.15, 0.2) is 11.5 Å². The molecule has 2 aromatic carbocycles. The molecular weight excluding hydrogens is 460 g/mol. The Kier molecular flexibility index (Phi) is 7.08. The molecule has 0 aromatic heterocycles. The summed E-state index contributed by atoms with van der Waals surface area (Å²) in [7, 11) is -2.45. The maximum atomic E-state index is 12.6. The Morgan fingerprint density at radius 1 is 1.21 bits per heavy atom. The van der Waals surface area contributed by atoms with Gasteiger partial charge in [-0.1, -0.05) is 24.3 Å². The Balaban J connectivity index is 1.42. The number of benzene rings is 2. The lowest BCUT2D eigenvalue weighted by atomic mass is 9.98. The van der Waals surface area contributed by atoms with Gasteiger partial charge in [0, 0.05) is 25.3 Å². The van der Waals surface area contributed by atoms with E-state index in [1.807, 2.05) is 12.1 Å². The second-order valence-corrected chi connectivity index (χ2v) is 10.1. The Labute approximate surface area is 199 Å². The molecule has 9 nitrogen and oxygen atoms in total. The first-order chi connectivity index (χ1) is 16.3. The van der Waals surface area contributed by atoms with E-state index in [0.717, 1.165) is 12.0 Å². The third kappa shape index (κ3) is 5.34. The van der Waals surface area contributed by atoms with E-state index in [2.05, 4.69) is 4.72 Å². The van der Waals surface area contributed by atoms with Crippen LogP contribution in [0.4, 0.5) is 0 Å². The monoisotopic (exact) mass is 488 g/mol. The van der Waals surface area contributed by atoms with Crippen molar-refractivity contribution >= 4 is 21.8 Å². The van der Waals surface area contributed by atoms with Crippen molar-refractivity contribution in [3.05, 3.63) is 53.6 Å². The van der Waals surface area contributed by atoms with Crippen molar-refractivity contribution in [3.8, 4) is 11.5 Å². The van der Waals surface area contributed by atoms with E-state index in [4.69, 9.17) is 14.2 Å². The van der Waals surface area contributed by atoms with Gasteiger partial charge in [-0.25, -0.2) is 13.1 Å². The molecule has 0 aliphatic carbocycles. The largest absolute Gasteiger partial charge is 0.493 e. The van der Waals surface area contributed by atoms with Crippen LogP contribution < -0.4 is 14.2 Å². The van der Waals surface area contributed by atoms with E-state index in [0.29, 0.717) is 36.8 Å². The molecule has 2 fully saturated rings. The zero-order valence-corrected chi connectivity index (χ0v) is 20.0. The van der Waals surface area contributed by atoms with E-state index in [1.54, 1.807) is 38.3 Å². The third-order valence-electron chi connectivity index (χ3n) is 6.02. The summed E-state index contributed by atoms with van der Waals surface area (Å²) in [6, 6.07) is 11.9. The SMILES string of the molecule is COc1ccc([C@@H]2CC(=O)N(CC(=O)NS(=O)(=O)c3ccccc3C)C2)cc1OC1CCOC1. The molecular formula is C24H28N2O7S. The molecule has 182 valence electrons. The van der Waals surface area contributed by atoms with Crippen molar-refractivity contribution in [3.63, 3.8) is 0 Å². The number of aryl methyl sites for hydroxylation is 1. The highest BCUT2D eigenvalue weighted by molar-refractivity contribution is 7.90. The number of nitrogens with zero attached hydrogens (tertiary/aromatic N) is 1. The lowest BCUT2D eigenvalue weighted by Crippen LogP contribution is -2.40. The summed E-state index contributed by atoms with van der Waals surface area (Å²) < 4.78 is 44.0. The molecule has 0 bridgehead atoms. The van der Waals surface area contributed by atoms with E-state index in [-0.39, 0.29) is 35.8 Å². The first-order valence-electron chi connectivity index (χ1n) is 11.1. The molecule has 2 saturated heterocycles. The van der Waals surface area contributed by atoms with Crippen molar-refractivity contribution in [2.75, 3.05) is 33.4 Å². The molecule has 2 atom stereocenters. The fourth-order valence-corrected chi connectivity index (χ4v) is 5.47. The van der Waals surface area contributed by atoms with Gasteiger partial charge in [0.25, 0.3) is 15.9 Å². The molecule has 10 heteroatoms. The summed E-state index contributed by atoms with van der Waals surface area (Å²) in [4.78, 5) is 26.5. The number of hydrogen-bond donors (Lipinski definition) is 1. The van der Waals surface area contributed by atoms with Crippen LogP contribution in [0.15, 0.2) is 47.4 Å². The molecule has 2 amide bonds. The maximum absolute atomic E-state index is 12.6. The Morgan fingerprint density at radius 3 is 2.71 bits per heavy atom. The number of rotatable bonds is 8. The van der Waals surface area contributed by atoms with Crippen molar-refractivity contribution < 1.29 is 32.2 Å². The fourth-order valence-electron chi connectivity index (χ4n) is 4.24. The van der Waals surface area contributed by atoms with Gasteiger partial charge >= 0.3 is 0 Å².